The maximum absolute atomic E-state index is 13.0. The molecule has 1 N–H and O–H groups in total. The Morgan fingerprint density at radius 2 is 1.84 bits per heavy atom. The molecule has 2 fully saturated rings. The average molecular weight is 451 g/mol. The molecule has 0 saturated carbocycles. The maximum atomic E-state index is 13.0. The van der Waals surface area contributed by atoms with Crippen LogP contribution in [0.4, 0.5) is 5.69 Å². The molecule has 0 spiro atoms. The molecule has 1 atom stereocenters. The minimum Gasteiger partial charge on any atom is -0.379 e. The van der Waals surface area contributed by atoms with Crippen LogP contribution in [0.1, 0.15) is 25.3 Å². The number of hydrogen-bond acceptors (Lipinski definition) is 6. The lowest BCUT2D eigenvalue weighted by Gasteiger charge is -2.26. The Labute approximate surface area is 183 Å². The molecule has 0 unspecified atom stereocenters. The van der Waals surface area contributed by atoms with Crippen molar-refractivity contribution in [2.45, 2.75) is 37.1 Å². The summed E-state index contributed by atoms with van der Waals surface area (Å²) in [6.45, 7) is 6.28. The predicted octanol–water partition coefficient (Wildman–Crippen LogP) is 0.197. The van der Waals surface area contributed by atoms with Crippen molar-refractivity contribution in [2.24, 2.45) is 0 Å². The van der Waals surface area contributed by atoms with Gasteiger partial charge in [-0.15, -0.1) is 0 Å². The molecule has 9 nitrogen and oxygen atoms in total. The van der Waals surface area contributed by atoms with E-state index in [9.17, 15) is 18.0 Å². The van der Waals surface area contributed by atoms with Crippen LogP contribution in [-0.2, 0) is 30.8 Å². The number of sulfonamides is 1. The summed E-state index contributed by atoms with van der Waals surface area (Å²) in [7, 11) is -3.64. The van der Waals surface area contributed by atoms with E-state index in [1.807, 2.05) is 0 Å². The summed E-state index contributed by atoms with van der Waals surface area (Å²) in [6.07, 6.45) is 2.69. The molecule has 3 aliphatic heterocycles. The summed E-state index contributed by atoms with van der Waals surface area (Å²) < 4.78 is 32.6. The van der Waals surface area contributed by atoms with Crippen molar-refractivity contribution in [2.75, 3.05) is 57.4 Å². The first-order chi connectivity index (χ1) is 14.9. The van der Waals surface area contributed by atoms with E-state index in [-0.39, 0.29) is 16.7 Å². The SMILES string of the molecule is CC(=O)N1c2ccc(S(=O)(=O)N3CCOCC3)cc2C[C@H]1C(=O)NCCN1CCCC1. The lowest BCUT2D eigenvalue weighted by atomic mass is 10.1. The largest absolute Gasteiger partial charge is 0.379 e. The molecule has 0 bridgehead atoms. The summed E-state index contributed by atoms with van der Waals surface area (Å²) in [5.74, 6) is -0.439. The molecule has 0 aromatic heterocycles. The van der Waals surface area contributed by atoms with Crippen LogP contribution >= 0.6 is 0 Å². The summed E-state index contributed by atoms with van der Waals surface area (Å²) in [4.78, 5) is 29.2. The van der Waals surface area contributed by atoms with Gasteiger partial charge in [-0.25, -0.2) is 8.42 Å². The van der Waals surface area contributed by atoms with E-state index >= 15 is 0 Å². The van der Waals surface area contributed by atoms with Gasteiger partial charge in [0.05, 0.1) is 18.1 Å². The predicted molar refractivity (Wildman–Crippen MR) is 115 cm³/mol. The Hall–Kier alpha value is -2.01. The molecular formula is C21H30N4O5S. The normalized spacial score (nSPS) is 22.5. The Morgan fingerprint density at radius 3 is 2.52 bits per heavy atom. The van der Waals surface area contributed by atoms with Crippen LogP contribution in [0.3, 0.4) is 0 Å². The molecule has 3 heterocycles. The molecule has 3 aliphatic rings. The molecule has 31 heavy (non-hydrogen) atoms. The van der Waals surface area contributed by atoms with Crippen LogP contribution in [0.5, 0.6) is 0 Å². The van der Waals surface area contributed by atoms with Crippen molar-refractivity contribution < 1.29 is 22.7 Å². The third-order valence-electron chi connectivity index (χ3n) is 6.21. The van der Waals surface area contributed by atoms with Crippen LogP contribution in [0, 0.1) is 0 Å². The third-order valence-corrected chi connectivity index (χ3v) is 8.11. The zero-order chi connectivity index (χ0) is 22.0. The first kappa shape index (κ1) is 22.2. The molecule has 0 radical (unpaired) electrons. The average Bonchev–Trinajstić information content (AvgIpc) is 3.41. The van der Waals surface area contributed by atoms with Gasteiger partial charge in [-0.1, -0.05) is 0 Å². The minimum absolute atomic E-state index is 0.187. The van der Waals surface area contributed by atoms with Crippen molar-refractivity contribution in [1.29, 1.82) is 0 Å². The number of fused-ring (bicyclic) bond motifs is 1. The summed E-state index contributed by atoms with van der Waals surface area (Å²) in [5, 5.41) is 2.95. The highest BCUT2D eigenvalue weighted by atomic mass is 32.2. The van der Waals surface area contributed by atoms with Crippen molar-refractivity contribution in [3.05, 3.63) is 23.8 Å². The van der Waals surface area contributed by atoms with E-state index in [1.165, 1.54) is 35.0 Å². The minimum atomic E-state index is -3.64. The van der Waals surface area contributed by atoms with Crippen LogP contribution in [0.2, 0.25) is 0 Å². The molecule has 0 aliphatic carbocycles. The maximum Gasteiger partial charge on any atom is 0.243 e. The number of morpholine rings is 1. The molecule has 4 rings (SSSR count). The molecule has 1 aromatic carbocycles. The van der Waals surface area contributed by atoms with Gasteiger partial charge in [0.1, 0.15) is 6.04 Å². The first-order valence-corrected chi connectivity index (χ1v) is 12.3. The Morgan fingerprint density at radius 1 is 1.13 bits per heavy atom. The smallest absolute Gasteiger partial charge is 0.243 e. The molecule has 10 heteroatoms. The number of carbonyl (C=O) groups excluding carboxylic acids is 2. The van der Waals surface area contributed by atoms with Crippen molar-refractivity contribution in [3.8, 4) is 0 Å². The molecular weight excluding hydrogens is 420 g/mol. The quantitative estimate of drug-likeness (QED) is 0.665. The van der Waals surface area contributed by atoms with Gasteiger partial charge in [-0.05, 0) is 49.7 Å². The number of amides is 2. The number of benzene rings is 1. The van der Waals surface area contributed by atoms with Gasteiger partial charge >= 0.3 is 0 Å². The highest BCUT2D eigenvalue weighted by Gasteiger charge is 2.38. The molecule has 2 saturated heterocycles. The fourth-order valence-electron chi connectivity index (χ4n) is 4.58. The highest BCUT2D eigenvalue weighted by Crippen LogP contribution is 2.35. The Bertz CT molecular complexity index is 939. The van der Waals surface area contributed by atoms with E-state index < -0.39 is 16.1 Å². The number of nitrogens with zero attached hydrogens (tertiary/aromatic N) is 3. The topological polar surface area (TPSA) is 99.3 Å². The lowest BCUT2D eigenvalue weighted by Crippen LogP contribution is -2.48. The highest BCUT2D eigenvalue weighted by molar-refractivity contribution is 7.89. The monoisotopic (exact) mass is 450 g/mol. The van der Waals surface area contributed by atoms with Gasteiger partial charge in [-0.2, -0.15) is 4.31 Å². The number of ether oxygens (including phenoxy) is 1. The number of nitrogens with one attached hydrogen (secondary N) is 1. The number of rotatable bonds is 6. The van der Waals surface area contributed by atoms with Gasteiger partial charge in [0.2, 0.25) is 21.8 Å². The molecule has 170 valence electrons. The van der Waals surface area contributed by atoms with Gasteiger partial charge in [0.25, 0.3) is 0 Å². The van der Waals surface area contributed by atoms with Gasteiger partial charge in [0.15, 0.2) is 0 Å². The molecule has 2 amide bonds. The van der Waals surface area contributed by atoms with Crippen molar-refractivity contribution in [3.63, 3.8) is 0 Å². The second-order valence-corrected chi connectivity index (χ2v) is 10.2. The third kappa shape index (κ3) is 4.62. The lowest BCUT2D eigenvalue weighted by molar-refractivity contribution is -0.125. The van der Waals surface area contributed by atoms with Gasteiger partial charge in [-0.3, -0.25) is 14.5 Å². The Kier molecular flexibility index (Phi) is 6.61. The summed E-state index contributed by atoms with van der Waals surface area (Å²) in [6, 6.07) is 4.11. The molecule has 1 aromatic rings. The number of carbonyl (C=O) groups is 2. The van der Waals surface area contributed by atoms with E-state index in [0.717, 1.165) is 19.6 Å². The van der Waals surface area contributed by atoms with E-state index in [1.54, 1.807) is 12.1 Å². The zero-order valence-electron chi connectivity index (χ0n) is 17.9. The number of likely N-dealkylation sites (tertiary alicyclic amines) is 1. The second kappa shape index (κ2) is 9.23. The van der Waals surface area contributed by atoms with Crippen LogP contribution in [0.25, 0.3) is 0 Å². The van der Waals surface area contributed by atoms with E-state index in [2.05, 4.69) is 10.2 Å². The first-order valence-electron chi connectivity index (χ1n) is 10.9. The van der Waals surface area contributed by atoms with Crippen LogP contribution in [-0.4, -0.2) is 88.0 Å². The number of anilines is 1. The van der Waals surface area contributed by atoms with E-state index in [0.29, 0.717) is 50.5 Å². The van der Waals surface area contributed by atoms with Crippen LogP contribution < -0.4 is 10.2 Å². The second-order valence-electron chi connectivity index (χ2n) is 8.26. The Balaban J connectivity index is 1.48. The van der Waals surface area contributed by atoms with Gasteiger partial charge in [0, 0.05) is 45.2 Å². The zero-order valence-corrected chi connectivity index (χ0v) is 18.7. The van der Waals surface area contributed by atoms with Gasteiger partial charge < -0.3 is 15.0 Å². The van der Waals surface area contributed by atoms with Crippen molar-refractivity contribution in [1.82, 2.24) is 14.5 Å². The van der Waals surface area contributed by atoms with E-state index in [4.69, 9.17) is 4.74 Å². The van der Waals surface area contributed by atoms with Crippen LogP contribution in [0.15, 0.2) is 23.1 Å². The fourth-order valence-corrected chi connectivity index (χ4v) is 6.04. The standard InChI is InChI=1S/C21H30N4O5S/c1-16(26)25-19-5-4-18(31(28,29)24-10-12-30-13-11-24)14-17(19)15-20(25)21(27)22-6-9-23-7-2-3-8-23/h4-5,14,20H,2-3,6-13,15H2,1H3,(H,22,27)/t20-/m0/s1. The van der Waals surface area contributed by atoms with Crippen molar-refractivity contribution >= 4 is 27.5 Å². The number of hydrogen-bond donors (Lipinski definition) is 1. The summed E-state index contributed by atoms with van der Waals surface area (Å²) >= 11 is 0. The summed E-state index contributed by atoms with van der Waals surface area (Å²) in [5.41, 5.74) is 1.30. The fraction of sp³-hybridized carbons (Fsp3) is 0.619.